The van der Waals surface area contributed by atoms with Gasteiger partial charge in [-0.05, 0) is 30.2 Å². The highest BCUT2D eigenvalue weighted by Crippen LogP contribution is 2.31. The van der Waals surface area contributed by atoms with E-state index in [0.29, 0.717) is 11.1 Å². The Labute approximate surface area is 121 Å². The van der Waals surface area contributed by atoms with Crippen molar-refractivity contribution in [2.24, 2.45) is 5.73 Å². The van der Waals surface area contributed by atoms with Gasteiger partial charge in [0.05, 0.1) is 21.8 Å². The minimum Gasteiger partial charge on any atom is -0.397 e. The summed E-state index contributed by atoms with van der Waals surface area (Å²) < 4.78 is 0. The van der Waals surface area contributed by atoms with E-state index in [-0.39, 0.29) is 22.5 Å². The third-order valence-corrected chi connectivity index (χ3v) is 3.07. The van der Waals surface area contributed by atoms with E-state index in [4.69, 9.17) is 5.73 Å². The number of hydrogen-bond donors (Lipinski definition) is 1. The van der Waals surface area contributed by atoms with Gasteiger partial charge in [0.25, 0.3) is 5.69 Å². The number of pyridine rings is 1. The van der Waals surface area contributed by atoms with Crippen molar-refractivity contribution in [3.05, 3.63) is 69.5 Å². The van der Waals surface area contributed by atoms with Crippen LogP contribution in [0.15, 0.2) is 42.7 Å². The van der Waals surface area contributed by atoms with Gasteiger partial charge in [-0.15, -0.1) is 0 Å². The minimum atomic E-state index is -0.503. The summed E-state index contributed by atoms with van der Waals surface area (Å²) in [4.78, 5) is 14.5. The SMILES string of the molecule is Cc1cccc([N+](=O)[O-])c1/C(N)=C(/C#N)c1ccncc1. The van der Waals surface area contributed by atoms with Gasteiger partial charge < -0.3 is 5.73 Å². The highest BCUT2D eigenvalue weighted by Gasteiger charge is 2.20. The van der Waals surface area contributed by atoms with Crippen molar-refractivity contribution in [2.75, 3.05) is 0 Å². The zero-order chi connectivity index (χ0) is 15.4. The van der Waals surface area contributed by atoms with Crippen LogP contribution in [0.25, 0.3) is 11.3 Å². The molecule has 104 valence electrons. The Bertz CT molecular complexity index is 761. The largest absolute Gasteiger partial charge is 0.397 e. The van der Waals surface area contributed by atoms with E-state index < -0.39 is 4.92 Å². The van der Waals surface area contributed by atoms with Gasteiger partial charge >= 0.3 is 0 Å². The summed E-state index contributed by atoms with van der Waals surface area (Å²) in [5.41, 5.74) is 7.71. The molecule has 2 aromatic rings. The molecule has 0 aliphatic carbocycles. The van der Waals surface area contributed by atoms with Crippen LogP contribution in [-0.2, 0) is 0 Å². The second-order valence-electron chi connectivity index (χ2n) is 4.36. The Kier molecular flexibility index (Phi) is 3.95. The first-order valence-corrected chi connectivity index (χ1v) is 6.11. The zero-order valence-electron chi connectivity index (χ0n) is 11.3. The van der Waals surface area contributed by atoms with Crippen molar-refractivity contribution in [3.63, 3.8) is 0 Å². The summed E-state index contributed by atoms with van der Waals surface area (Å²) in [6, 6.07) is 9.96. The number of allylic oxidation sites excluding steroid dienone is 1. The second-order valence-corrected chi connectivity index (χ2v) is 4.36. The third-order valence-electron chi connectivity index (χ3n) is 3.07. The fourth-order valence-corrected chi connectivity index (χ4v) is 2.08. The molecule has 2 N–H and O–H groups in total. The van der Waals surface area contributed by atoms with Gasteiger partial charge in [-0.2, -0.15) is 5.26 Å². The summed E-state index contributed by atoms with van der Waals surface area (Å²) in [6.07, 6.45) is 3.07. The van der Waals surface area contributed by atoms with Gasteiger partial charge in [-0.25, -0.2) is 0 Å². The highest BCUT2D eigenvalue weighted by atomic mass is 16.6. The predicted octanol–water partition coefficient (Wildman–Crippen LogP) is 2.65. The fourth-order valence-electron chi connectivity index (χ4n) is 2.08. The van der Waals surface area contributed by atoms with Crippen LogP contribution in [0.3, 0.4) is 0 Å². The molecule has 0 fully saturated rings. The fraction of sp³-hybridized carbons (Fsp3) is 0.0667. The van der Waals surface area contributed by atoms with Crippen LogP contribution in [0.4, 0.5) is 5.69 Å². The number of aryl methyl sites for hydroxylation is 1. The molecular weight excluding hydrogens is 268 g/mol. The topological polar surface area (TPSA) is 106 Å². The van der Waals surface area contributed by atoms with Gasteiger partial charge in [0.15, 0.2) is 0 Å². The normalized spacial score (nSPS) is 11.4. The number of nitro benzene ring substituents is 1. The molecule has 0 aliphatic rings. The number of benzene rings is 1. The first-order valence-electron chi connectivity index (χ1n) is 6.11. The lowest BCUT2D eigenvalue weighted by Gasteiger charge is -2.09. The number of nitrogens with two attached hydrogens (primary N) is 1. The van der Waals surface area contributed by atoms with Crippen molar-refractivity contribution >= 4 is 17.0 Å². The van der Waals surface area contributed by atoms with E-state index in [0.717, 1.165) is 0 Å². The van der Waals surface area contributed by atoms with Crippen LogP contribution in [0.5, 0.6) is 0 Å². The van der Waals surface area contributed by atoms with Gasteiger partial charge in [0, 0.05) is 18.5 Å². The first kappa shape index (κ1) is 14.2. The lowest BCUT2D eigenvalue weighted by Crippen LogP contribution is -2.06. The summed E-state index contributed by atoms with van der Waals surface area (Å²) in [5, 5.41) is 20.5. The van der Waals surface area contributed by atoms with E-state index in [2.05, 4.69) is 4.98 Å². The molecule has 6 nitrogen and oxygen atoms in total. The molecule has 1 aromatic heterocycles. The van der Waals surface area contributed by atoms with E-state index in [9.17, 15) is 15.4 Å². The summed E-state index contributed by atoms with van der Waals surface area (Å²) in [7, 11) is 0. The number of nitro groups is 1. The van der Waals surface area contributed by atoms with Crippen LogP contribution in [-0.4, -0.2) is 9.91 Å². The Morgan fingerprint density at radius 3 is 2.57 bits per heavy atom. The van der Waals surface area contributed by atoms with Crippen LogP contribution in [0.2, 0.25) is 0 Å². The number of aromatic nitrogens is 1. The van der Waals surface area contributed by atoms with E-state index >= 15 is 0 Å². The van der Waals surface area contributed by atoms with E-state index in [1.807, 2.05) is 6.07 Å². The van der Waals surface area contributed by atoms with Gasteiger partial charge in [-0.3, -0.25) is 15.1 Å². The number of nitriles is 1. The third kappa shape index (κ3) is 2.72. The standard InChI is InChI=1S/C15H12N4O2/c1-10-3-2-4-13(19(20)21)14(10)15(17)12(9-16)11-5-7-18-8-6-11/h2-8H,17H2,1H3/b15-12+. The Morgan fingerprint density at radius 2 is 2.00 bits per heavy atom. The molecule has 0 unspecified atom stereocenters. The molecule has 0 saturated carbocycles. The van der Waals surface area contributed by atoms with Crippen molar-refractivity contribution in [3.8, 4) is 6.07 Å². The average Bonchev–Trinajstić information content (AvgIpc) is 2.48. The van der Waals surface area contributed by atoms with E-state index in [1.54, 1.807) is 31.2 Å². The van der Waals surface area contributed by atoms with Gasteiger partial charge in [0.1, 0.15) is 6.07 Å². The van der Waals surface area contributed by atoms with Gasteiger partial charge in [-0.1, -0.05) is 12.1 Å². The summed E-state index contributed by atoms with van der Waals surface area (Å²) in [6.45, 7) is 1.72. The molecule has 0 saturated heterocycles. The number of rotatable bonds is 3. The average molecular weight is 280 g/mol. The summed E-state index contributed by atoms with van der Waals surface area (Å²) >= 11 is 0. The Hall–Kier alpha value is -3.20. The second kappa shape index (κ2) is 5.84. The predicted molar refractivity (Wildman–Crippen MR) is 78.7 cm³/mol. The van der Waals surface area contributed by atoms with E-state index in [1.165, 1.54) is 18.5 Å². The first-order chi connectivity index (χ1) is 10.1. The zero-order valence-corrected chi connectivity index (χ0v) is 11.3. The highest BCUT2D eigenvalue weighted by molar-refractivity contribution is 5.98. The molecule has 1 heterocycles. The van der Waals surface area contributed by atoms with Gasteiger partial charge in [0.2, 0.25) is 0 Å². The van der Waals surface area contributed by atoms with Crippen molar-refractivity contribution in [1.29, 1.82) is 5.26 Å². The number of nitrogens with zero attached hydrogens (tertiary/aromatic N) is 3. The molecule has 1 aromatic carbocycles. The molecule has 6 heteroatoms. The minimum absolute atomic E-state index is 0.0912. The van der Waals surface area contributed by atoms with Crippen LogP contribution in [0, 0.1) is 28.4 Å². The molecule has 2 rings (SSSR count). The summed E-state index contributed by atoms with van der Waals surface area (Å²) in [5.74, 6) is 0. The molecule has 21 heavy (non-hydrogen) atoms. The molecule has 0 atom stereocenters. The maximum atomic E-state index is 11.2. The molecular formula is C15H12N4O2. The lowest BCUT2D eigenvalue weighted by atomic mass is 9.97. The molecule has 0 amide bonds. The smallest absolute Gasteiger partial charge is 0.278 e. The molecule has 0 spiro atoms. The Morgan fingerprint density at radius 1 is 1.33 bits per heavy atom. The van der Waals surface area contributed by atoms with Crippen molar-refractivity contribution < 1.29 is 4.92 Å². The molecule has 0 bridgehead atoms. The Balaban J connectivity index is 2.74. The van der Waals surface area contributed by atoms with Crippen LogP contribution >= 0.6 is 0 Å². The maximum absolute atomic E-state index is 11.2. The monoisotopic (exact) mass is 280 g/mol. The molecule has 0 aliphatic heterocycles. The number of hydrogen-bond acceptors (Lipinski definition) is 5. The van der Waals surface area contributed by atoms with Crippen LogP contribution < -0.4 is 5.73 Å². The van der Waals surface area contributed by atoms with Crippen molar-refractivity contribution in [2.45, 2.75) is 6.92 Å². The lowest BCUT2D eigenvalue weighted by molar-refractivity contribution is -0.385. The van der Waals surface area contributed by atoms with Crippen molar-refractivity contribution in [1.82, 2.24) is 4.98 Å². The maximum Gasteiger partial charge on any atom is 0.278 e. The molecule has 0 radical (unpaired) electrons. The van der Waals surface area contributed by atoms with Crippen LogP contribution in [0.1, 0.15) is 16.7 Å². The quantitative estimate of drug-likeness (QED) is 0.528.